The van der Waals surface area contributed by atoms with Crippen molar-refractivity contribution in [1.29, 1.82) is 0 Å². The van der Waals surface area contributed by atoms with Crippen molar-refractivity contribution < 1.29 is 19.7 Å². The summed E-state index contributed by atoms with van der Waals surface area (Å²) in [5, 5.41) is 18.1. The van der Waals surface area contributed by atoms with Crippen LogP contribution in [0, 0.1) is 0 Å². The van der Waals surface area contributed by atoms with Gasteiger partial charge >= 0.3 is 5.97 Å². The topological polar surface area (TPSA) is 66.8 Å². The fourth-order valence-corrected chi connectivity index (χ4v) is 1.86. The van der Waals surface area contributed by atoms with E-state index in [-0.39, 0.29) is 5.56 Å². The molecule has 0 spiro atoms. The van der Waals surface area contributed by atoms with Crippen LogP contribution in [0.25, 0.3) is 0 Å². The van der Waals surface area contributed by atoms with E-state index >= 15 is 0 Å². The van der Waals surface area contributed by atoms with E-state index in [4.69, 9.17) is 9.84 Å². The Balaban J connectivity index is 3.22. The highest BCUT2D eigenvalue weighted by molar-refractivity contribution is 7.98. The first-order valence-corrected chi connectivity index (χ1v) is 5.46. The van der Waals surface area contributed by atoms with Gasteiger partial charge in [0.1, 0.15) is 5.75 Å². The van der Waals surface area contributed by atoms with E-state index < -0.39 is 12.1 Å². The van der Waals surface area contributed by atoms with Crippen LogP contribution in [0.3, 0.4) is 0 Å². The molecule has 0 amide bonds. The first kappa shape index (κ1) is 11.9. The van der Waals surface area contributed by atoms with Crippen LogP contribution >= 0.6 is 11.8 Å². The summed E-state index contributed by atoms with van der Waals surface area (Å²) in [5.41, 5.74) is 0.275. The van der Waals surface area contributed by atoms with Crippen LogP contribution in [-0.2, 0) is 4.79 Å². The second-order valence-corrected chi connectivity index (χ2v) is 3.67. The Hall–Kier alpha value is -1.20. The van der Waals surface area contributed by atoms with Gasteiger partial charge in [-0.25, -0.2) is 4.79 Å². The molecule has 15 heavy (non-hydrogen) atoms. The molecule has 4 nitrogen and oxygen atoms in total. The molecule has 1 rings (SSSR count). The van der Waals surface area contributed by atoms with Gasteiger partial charge in [0.15, 0.2) is 6.10 Å². The van der Waals surface area contributed by atoms with Crippen molar-refractivity contribution in [1.82, 2.24) is 0 Å². The van der Waals surface area contributed by atoms with Crippen LogP contribution in [0.15, 0.2) is 23.1 Å². The Kier molecular flexibility index (Phi) is 3.99. The van der Waals surface area contributed by atoms with Crippen molar-refractivity contribution >= 4 is 17.7 Å². The number of benzene rings is 1. The van der Waals surface area contributed by atoms with E-state index in [1.807, 2.05) is 12.3 Å². The maximum Gasteiger partial charge on any atom is 0.337 e. The zero-order valence-corrected chi connectivity index (χ0v) is 9.25. The molecular formula is C10H12O4S. The smallest absolute Gasteiger partial charge is 0.337 e. The molecule has 0 saturated carbocycles. The SMILES string of the molecule is COc1c(SC)cccc1C(O)C(=O)O. The van der Waals surface area contributed by atoms with Gasteiger partial charge in [-0.15, -0.1) is 11.8 Å². The van der Waals surface area contributed by atoms with Crippen LogP contribution in [0.5, 0.6) is 5.75 Å². The molecule has 0 aliphatic carbocycles. The Morgan fingerprint density at radius 1 is 1.53 bits per heavy atom. The predicted octanol–water partition coefficient (Wildman–Crippen LogP) is 1.54. The van der Waals surface area contributed by atoms with Gasteiger partial charge in [0.2, 0.25) is 0 Å². The number of thioether (sulfide) groups is 1. The van der Waals surface area contributed by atoms with Gasteiger partial charge in [-0.2, -0.15) is 0 Å². The molecular weight excluding hydrogens is 216 g/mol. The van der Waals surface area contributed by atoms with E-state index in [2.05, 4.69) is 0 Å². The standard InChI is InChI=1S/C10H12O4S/c1-14-9-6(8(11)10(12)13)4-3-5-7(9)15-2/h3-5,8,11H,1-2H3,(H,12,13). The molecule has 0 bridgehead atoms. The van der Waals surface area contributed by atoms with Crippen molar-refractivity contribution in [3.05, 3.63) is 23.8 Å². The second kappa shape index (κ2) is 5.04. The molecule has 1 unspecified atom stereocenters. The lowest BCUT2D eigenvalue weighted by molar-refractivity contribution is -0.147. The molecule has 1 atom stereocenters. The Morgan fingerprint density at radius 3 is 2.67 bits per heavy atom. The van der Waals surface area contributed by atoms with E-state index in [9.17, 15) is 9.90 Å². The molecule has 0 heterocycles. The normalized spacial score (nSPS) is 12.2. The third kappa shape index (κ3) is 2.43. The zero-order valence-electron chi connectivity index (χ0n) is 8.43. The summed E-state index contributed by atoms with van der Waals surface area (Å²) in [6, 6.07) is 5.04. The summed E-state index contributed by atoms with van der Waals surface area (Å²) < 4.78 is 5.09. The van der Waals surface area contributed by atoms with E-state index in [0.717, 1.165) is 4.90 Å². The first-order valence-electron chi connectivity index (χ1n) is 4.23. The highest BCUT2D eigenvalue weighted by atomic mass is 32.2. The van der Waals surface area contributed by atoms with Gasteiger partial charge in [-0.3, -0.25) is 0 Å². The van der Waals surface area contributed by atoms with Gasteiger partial charge in [0, 0.05) is 10.5 Å². The average molecular weight is 228 g/mol. The Morgan fingerprint density at radius 2 is 2.20 bits per heavy atom. The number of para-hydroxylation sites is 1. The molecule has 0 radical (unpaired) electrons. The maximum atomic E-state index is 10.7. The molecule has 2 N–H and O–H groups in total. The summed E-state index contributed by atoms with van der Waals surface area (Å²) in [4.78, 5) is 11.5. The lowest BCUT2D eigenvalue weighted by atomic mass is 10.1. The van der Waals surface area contributed by atoms with Crippen molar-refractivity contribution in [2.75, 3.05) is 13.4 Å². The molecule has 0 aromatic heterocycles. The fourth-order valence-electron chi connectivity index (χ4n) is 1.26. The number of carbonyl (C=O) groups is 1. The largest absolute Gasteiger partial charge is 0.495 e. The van der Waals surface area contributed by atoms with Crippen LogP contribution in [0.2, 0.25) is 0 Å². The minimum Gasteiger partial charge on any atom is -0.495 e. The lowest BCUT2D eigenvalue weighted by Crippen LogP contribution is -2.11. The van der Waals surface area contributed by atoms with Gasteiger partial charge in [0.25, 0.3) is 0 Å². The summed E-state index contributed by atoms with van der Waals surface area (Å²) in [6.45, 7) is 0. The lowest BCUT2D eigenvalue weighted by Gasteiger charge is -2.13. The molecule has 0 aliphatic rings. The second-order valence-electron chi connectivity index (χ2n) is 2.82. The van der Waals surface area contributed by atoms with E-state index in [0.29, 0.717) is 5.75 Å². The van der Waals surface area contributed by atoms with Gasteiger partial charge in [-0.05, 0) is 12.3 Å². The van der Waals surface area contributed by atoms with E-state index in [1.165, 1.54) is 24.9 Å². The van der Waals surface area contributed by atoms with Crippen molar-refractivity contribution in [2.45, 2.75) is 11.0 Å². The van der Waals surface area contributed by atoms with Gasteiger partial charge in [-0.1, -0.05) is 12.1 Å². The summed E-state index contributed by atoms with van der Waals surface area (Å²) in [5.74, 6) is -0.869. The number of carboxylic acids is 1. The summed E-state index contributed by atoms with van der Waals surface area (Å²) >= 11 is 1.43. The summed E-state index contributed by atoms with van der Waals surface area (Å²) in [7, 11) is 1.45. The average Bonchev–Trinajstić information content (AvgIpc) is 2.26. The minimum absolute atomic E-state index is 0.275. The number of aliphatic hydroxyl groups excluding tert-OH is 1. The highest BCUT2D eigenvalue weighted by Crippen LogP contribution is 2.34. The number of rotatable bonds is 4. The van der Waals surface area contributed by atoms with Crippen LogP contribution in [-0.4, -0.2) is 29.5 Å². The molecule has 0 aliphatic heterocycles. The highest BCUT2D eigenvalue weighted by Gasteiger charge is 2.21. The number of aliphatic hydroxyl groups is 1. The molecule has 0 saturated heterocycles. The monoisotopic (exact) mass is 228 g/mol. The quantitative estimate of drug-likeness (QED) is 0.765. The number of ether oxygens (including phenoxy) is 1. The molecule has 5 heteroatoms. The fraction of sp³-hybridized carbons (Fsp3) is 0.300. The van der Waals surface area contributed by atoms with Crippen molar-refractivity contribution in [3.8, 4) is 5.75 Å². The zero-order chi connectivity index (χ0) is 11.4. The van der Waals surface area contributed by atoms with Crippen molar-refractivity contribution in [3.63, 3.8) is 0 Å². The number of carboxylic acid groups (broad SMARTS) is 1. The third-order valence-electron chi connectivity index (χ3n) is 1.96. The number of aliphatic carboxylic acids is 1. The van der Waals surface area contributed by atoms with Crippen LogP contribution < -0.4 is 4.74 Å². The predicted molar refractivity (Wildman–Crippen MR) is 57.4 cm³/mol. The maximum absolute atomic E-state index is 10.7. The van der Waals surface area contributed by atoms with Crippen LogP contribution in [0.1, 0.15) is 11.7 Å². The van der Waals surface area contributed by atoms with Gasteiger partial charge < -0.3 is 14.9 Å². The number of hydrogen-bond acceptors (Lipinski definition) is 4. The molecule has 0 fully saturated rings. The minimum atomic E-state index is -1.55. The van der Waals surface area contributed by atoms with Gasteiger partial charge in [0.05, 0.1) is 7.11 Å². The molecule has 82 valence electrons. The molecule has 1 aromatic rings. The first-order chi connectivity index (χ1) is 7.11. The number of hydrogen-bond donors (Lipinski definition) is 2. The van der Waals surface area contributed by atoms with E-state index in [1.54, 1.807) is 6.07 Å². The third-order valence-corrected chi connectivity index (χ3v) is 2.72. The Bertz CT molecular complexity index is 364. The van der Waals surface area contributed by atoms with Crippen LogP contribution in [0.4, 0.5) is 0 Å². The summed E-state index contributed by atoms with van der Waals surface area (Å²) in [6.07, 6.45) is 0.307. The number of methoxy groups -OCH3 is 1. The molecule has 1 aromatic carbocycles. The Labute approximate surface area is 91.9 Å². The van der Waals surface area contributed by atoms with Crippen molar-refractivity contribution in [2.24, 2.45) is 0 Å².